The minimum Gasteiger partial charge on any atom is -0.393 e. The molecule has 0 radical (unpaired) electrons. The standard InChI is InChI=1S/C16H22FNO2/c1-12(19)10-15-4-2-3-9-18(15)16(20)11-13-5-7-14(17)8-6-13/h5-8,12,15,19H,2-4,9-11H2,1H3. The summed E-state index contributed by atoms with van der Waals surface area (Å²) in [4.78, 5) is 14.3. The fraction of sp³-hybridized carbons (Fsp3) is 0.562. The molecular weight excluding hydrogens is 257 g/mol. The first-order valence-electron chi connectivity index (χ1n) is 7.28. The molecule has 1 N–H and O–H groups in total. The smallest absolute Gasteiger partial charge is 0.227 e. The summed E-state index contributed by atoms with van der Waals surface area (Å²) in [7, 11) is 0. The highest BCUT2D eigenvalue weighted by atomic mass is 19.1. The first kappa shape index (κ1) is 15.0. The summed E-state index contributed by atoms with van der Waals surface area (Å²) in [5.74, 6) is -0.215. The fourth-order valence-electron chi connectivity index (χ4n) is 2.85. The lowest BCUT2D eigenvalue weighted by Gasteiger charge is -2.36. The summed E-state index contributed by atoms with van der Waals surface area (Å²) in [6.45, 7) is 2.52. The largest absolute Gasteiger partial charge is 0.393 e. The van der Waals surface area contributed by atoms with Crippen molar-refractivity contribution in [2.24, 2.45) is 0 Å². The summed E-state index contributed by atoms with van der Waals surface area (Å²) in [6.07, 6.45) is 3.63. The highest BCUT2D eigenvalue weighted by Crippen LogP contribution is 2.22. The van der Waals surface area contributed by atoms with Crippen molar-refractivity contribution in [1.82, 2.24) is 4.90 Å². The van der Waals surface area contributed by atoms with Crippen molar-refractivity contribution in [3.63, 3.8) is 0 Å². The Balaban J connectivity index is 2.00. The predicted molar refractivity (Wildman–Crippen MR) is 75.8 cm³/mol. The SMILES string of the molecule is CC(O)CC1CCCCN1C(=O)Cc1ccc(F)cc1. The fourth-order valence-corrected chi connectivity index (χ4v) is 2.85. The van der Waals surface area contributed by atoms with E-state index in [1.165, 1.54) is 12.1 Å². The number of nitrogens with zero attached hydrogens (tertiary/aromatic N) is 1. The zero-order chi connectivity index (χ0) is 14.5. The summed E-state index contributed by atoms with van der Waals surface area (Å²) in [5.41, 5.74) is 0.831. The van der Waals surface area contributed by atoms with Crippen LogP contribution < -0.4 is 0 Å². The van der Waals surface area contributed by atoms with E-state index in [0.717, 1.165) is 31.4 Å². The first-order chi connectivity index (χ1) is 9.56. The van der Waals surface area contributed by atoms with Crippen LogP contribution in [0.5, 0.6) is 0 Å². The Morgan fingerprint density at radius 1 is 1.40 bits per heavy atom. The van der Waals surface area contributed by atoms with Crippen LogP contribution in [0.15, 0.2) is 24.3 Å². The van der Waals surface area contributed by atoms with Gasteiger partial charge in [0.15, 0.2) is 0 Å². The Bertz CT molecular complexity index is 444. The molecule has 1 amide bonds. The van der Waals surface area contributed by atoms with E-state index in [-0.39, 0.29) is 23.9 Å². The molecule has 2 atom stereocenters. The molecular formula is C16H22FNO2. The van der Waals surface area contributed by atoms with Gasteiger partial charge in [0.2, 0.25) is 5.91 Å². The summed E-state index contributed by atoms with van der Waals surface area (Å²) in [5, 5.41) is 9.54. The molecule has 1 fully saturated rings. The molecule has 110 valence electrons. The van der Waals surface area contributed by atoms with Gasteiger partial charge in [0.05, 0.1) is 12.5 Å². The van der Waals surface area contributed by atoms with Crippen LogP contribution in [-0.4, -0.2) is 34.6 Å². The number of rotatable bonds is 4. The summed E-state index contributed by atoms with van der Waals surface area (Å²) >= 11 is 0. The van der Waals surface area contributed by atoms with Crippen LogP contribution in [-0.2, 0) is 11.2 Å². The molecule has 4 heteroatoms. The van der Waals surface area contributed by atoms with Crippen molar-refractivity contribution >= 4 is 5.91 Å². The molecule has 1 heterocycles. The van der Waals surface area contributed by atoms with Crippen LogP contribution in [0.2, 0.25) is 0 Å². The van der Waals surface area contributed by atoms with Crippen LogP contribution in [0.3, 0.4) is 0 Å². The van der Waals surface area contributed by atoms with E-state index in [4.69, 9.17) is 0 Å². The second kappa shape index (κ2) is 6.84. The van der Waals surface area contributed by atoms with E-state index in [1.54, 1.807) is 19.1 Å². The molecule has 0 bridgehead atoms. The zero-order valence-corrected chi connectivity index (χ0v) is 11.9. The van der Waals surface area contributed by atoms with E-state index < -0.39 is 0 Å². The van der Waals surface area contributed by atoms with Crippen molar-refractivity contribution in [3.8, 4) is 0 Å². The Hall–Kier alpha value is -1.42. The number of carbonyl (C=O) groups is 1. The molecule has 20 heavy (non-hydrogen) atoms. The monoisotopic (exact) mass is 279 g/mol. The van der Waals surface area contributed by atoms with Gasteiger partial charge in [-0.1, -0.05) is 12.1 Å². The maximum Gasteiger partial charge on any atom is 0.227 e. The average molecular weight is 279 g/mol. The molecule has 0 aliphatic carbocycles. The molecule has 1 aliphatic rings. The maximum atomic E-state index is 12.9. The number of carbonyl (C=O) groups excluding carboxylic acids is 1. The highest BCUT2D eigenvalue weighted by Gasteiger charge is 2.27. The number of piperidine rings is 1. The van der Waals surface area contributed by atoms with Gasteiger partial charge in [-0.25, -0.2) is 4.39 Å². The third-order valence-electron chi connectivity index (χ3n) is 3.83. The van der Waals surface area contributed by atoms with Gasteiger partial charge in [-0.15, -0.1) is 0 Å². The van der Waals surface area contributed by atoms with Crippen molar-refractivity contribution in [1.29, 1.82) is 0 Å². The van der Waals surface area contributed by atoms with Gasteiger partial charge in [-0.2, -0.15) is 0 Å². The van der Waals surface area contributed by atoms with E-state index in [9.17, 15) is 14.3 Å². The van der Waals surface area contributed by atoms with Crippen molar-refractivity contribution in [3.05, 3.63) is 35.6 Å². The van der Waals surface area contributed by atoms with Gasteiger partial charge >= 0.3 is 0 Å². The number of halogens is 1. The Morgan fingerprint density at radius 3 is 2.75 bits per heavy atom. The molecule has 1 aromatic rings. The third-order valence-corrected chi connectivity index (χ3v) is 3.83. The summed E-state index contributed by atoms with van der Waals surface area (Å²) in [6, 6.07) is 6.21. The number of benzene rings is 1. The zero-order valence-electron chi connectivity index (χ0n) is 11.9. The van der Waals surface area contributed by atoms with Gasteiger partial charge < -0.3 is 10.0 Å². The normalized spacial score (nSPS) is 20.8. The lowest BCUT2D eigenvalue weighted by atomic mass is 9.96. The molecule has 2 rings (SSSR count). The van der Waals surface area contributed by atoms with Crippen molar-refractivity contribution in [2.45, 2.75) is 51.2 Å². The third kappa shape index (κ3) is 4.04. The van der Waals surface area contributed by atoms with E-state index >= 15 is 0 Å². The second-order valence-corrected chi connectivity index (χ2v) is 5.62. The molecule has 0 spiro atoms. The quantitative estimate of drug-likeness (QED) is 0.920. The lowest BCUT2D eigenvalue weighted by molar-refractivity contribution is -0.134. The van der Waals surface area contributed by atoms with Gasteiger partial charge in [-0.3, -0.25) is 4.79 Å². The van der Waals surface area contributed by atoms with Crippen molar-refractivity contribution < 1.29 is 14.3 Å². The Kier molecular flexibility index (Phi) is 5.12. The van der Waals surface area contributed by atoms with E-state index in [1.807, 2.05) is 4.90 Å². The Morgan fingerprint density at radius 2 is 2.10 bits per heavy atom. The number of likely N-dealkylation sites (tertiary alicyclic amines) is 1. The van der Waals surface area contributed by atoms with Crippen LogP contribution in [0.25, 0.3) is 0 Å². The molecule has 1 saturated heterocycles. The number of hydrogen-bond donors (Lipinski definition) is 1. The van der Waals surface area contributed by atoms with Gasteiger partial charge in [0.1, 0.15) is 5.82 Å². The molecule has 1 aliphatic heterocycles. The number of hydrogen-bond acceptors (Lipinski definition) is 2. The highest BCUT2D eigenvalue weighted by molar-refractivity contribution is 5.79. The van der Waals surface area contributed by atoms with Crippen LogP contribution in [0, 0.1) is 5.82 Å². The predicted octanol–water partition coefficient (Wildman–Crippen LogP) is 2.52. The van der Waals surface area contributed by atoms with Crippen LogP contribution >= 0.6 is 0 Å². The lowest BCUT2D eigenvalue weighted by Crippen LogP contribution is -2.45. The Labute approximate surface area is 119 Å². The number of aliphatic hydroxyl groups is 1. The molecule has 0 aromatic heterocycles. The van der Waals surface area contributed by atoms with Crippen LogP contribution in [0.1, 0.15) is 38.2 Å². The minimum atomic E-state index is -0.390. The second-order valence-electron chi connectivity index (χ2n) is 5.62. The molecule has 2 unspecified atom stereocenters. The minimum absolute atomic E-state index is 0.0713. The number of aliphatic hydroxyl groups excluding tert-OH is 1. The number of amides is 1. The van der Waals surface area contributed by atoms with Crippen LogP contribution in [0.4, 0.5) is 4.39 Å². The van der Waals surface area contributed by atoms with Gasteiger partial charge in [0, 0.05) is 12.6 Å². The maximum absolute atomic E-state index is 12.9. The average Bonchev–Trinajstić information content (AvgIpc) is 2.41. The molecule has 3 nitrogen and oxygen atoms in total. The van der Waals surface area contributed by atoms with E-state index in [2.05, 4.69) is 0 Å². The van der Waals surface area contributed by atoms with Crippen molar-refractivity contribution in [2.75, 3.05) is 6.54 Å². The molecule has 1 aromatic carbocycles. The molecule has 0 saturated carbocycles. The van der Waals surface area contributed by atoms with E-state index in [0.29, 0.717) is 12.8 Å². The summed E-state index contributed by atoms with van der Waals surface area (Å²) < 4.78 is 12.9. The topological polar surface area (TPSA) is 40.5 Å². The first-order valence-corrected chi connectivity index (χ1v) is 7.28. The van der Waals surface area contributed by atoms with Gasteiger partial charge in [-0.05, 0) is 50.3 Å². The van der Waals surface area contributed by atoms with Gasteiger partial charge in [0.25, 0.3) is 0 Å².